The first kappa shape index (κ1) is 20.8. The number of nitrogens with zero attached hydrogens (tertiary/aromatic N) is 6. The second-order valence-electron chi connectivity index (χ2n) is 8.02. The third-order valence-corrected chi connectivity index (χ3v) is 6.04. The van der Waals surface area contributed by atoms with Crippen LogP contribution in [-0.4, -0.2) is 69.2 Å². The lowest BCUT2D eigenvalue weighted by atomic mass is 9.95. The molecule has 4 heterocycles. The molecule has 10 nitrogen and oxygen atoms in total. The Morgan fingerprint density at radius 2 is 1.88 bits per heavy atom. The molecule has 168 valence electrons. The summed E-state index contributed by atoms with van der Waals surface area (Å²) in [5, 5.41) is 10.3. The van der Waals surface area contributed by atoms with Gasteiger partial charge in [0.1, 0.15) is 6.33 Å². The molecule has 5 rings (SSSR count). The molecule has 2 aliphatic rings. The average molecular weight is 444 g/mol. The molecule has 33 heavy (non-hydrogen) atoms. The van der Waals surface area contributed by atoms with E-state index in [-0.39, 0.29) is 17.7 Å². The predicted molar refractivity (Wildman–Crippen MR) is 125 cm³/mol. The van der Waals surface area contributed by atoms with Crippen LogP contribution < -0.4 is 10.6 Å². The number of nitrogens with one attached hydrogen (secondary N) is 2. The molecule has 3 aromatic rings. The average Bonchev–Trinajstić information content (AvgIpc) is 3.57. The molecular formula is C23H24N8O2. The third kappa shape index (κ3) is 4.07. The first-order valence-corrected chi connectivity index (χ1v) is 10.9. The van der Waals surface area contributed by atoms with E-state index in [1.807, 2.05) is 29.3 Å². The molecule has 0 spiro atoms. The van der Waals surface area contributed by atoms with Crippen molar-refractivity contribution in [2.75, 3.05) is 32.0 Å². The van der Waals surface area contributed by atoms with E-state index < -0.39 is 0 Å². The maximum atomic E-state index is 12.9. The molecule has 0 unspecified atom stereocenters. The van der Waals surface area contributed by atoms with E-state index >= 15 is 0 Å². The summed E-state index contributed by atoms with van der Waals surface area (Å²) in [6.45, 7) is 1.82. The molecular weight excluding hydrogens is 420 g/mol. The highest BCUT2D eigenvalue weighted by Gasteiger charge is 2.27. The number of aliphatic imine (C=N–C) groups is 1. The fourth-order valence-electron chi connectivity index (χ4n) is 4.19. The number of amides is 2. The highest BCUT2D eigenvalue weighted by atomic mass is 16.2. The van der Waals surface area contributed by atoms with Crippen LogP contribution in [0.4, 0.5) is 11.5 Å². The van der Waals surface area contributed by atoms with Crippen molar-refractivity contribution in [3.8, 4) is 0 Å². The summed E-state index contributed by atoms with van der Waals surface area (Å²) in [6, 6.07) is 7.29. The van der Waals surface area contributed by atoms with Crippen molar-refractivity contribution < 1.29 is 9.59 Å². The zero-order chi connectivity index (χ0) is 22.8. The van der Waals surface area contributed by atoms with Gasteiger partial charge in [-0.25, -0.2) is 14.5 Å². The fraction of sp³-hybridized carbons (Fsp3) is 0.304. The standard InChI is InChI=1S/C23H24N8O2/c1-24-22(32)15-7-10-30(11-8-15)23(33)16-2-4-18(5-3-16)29-20-21-27-14-28-31(21)19(13-26-20)17-6-9-25-12-17/h2-6,12-15H,7-11H2,1H3,(H,24,32)(H,26,29). The van der Waals surface area contributed by atoms with E-state index in [0.717, 1.165) is 17.0 Å². The number of allylic oxidation sites excluding steroid dienone is 1. The molecule has 2 amide bonds. The Morgan fingerprint density at radius 3 is 2.58 bits per heavy atom. The van der Waals surface area contributed by atoms with Crippen molar-refractivity contribution in [1.82, 2.24) is 29.8 Å². The zero-order valence-corrected chi connectivity index (χ0v) is 18.2. The highest BCUT2D eigenvalue weighted by molar-refractivity contribution is 6.11. The molecule has 2 aromatic heterocycles. The van der Waals surface area contributed by atoms with Gasteiger partial charge in [0.25, 0.3) is 5.91 Å². The van der Waals surface area contributed by atoms with E-state index in [0.29, 0.717) is 49.5 Å². The second-order valence-corrected chi connectivity index (χ2v) is 8.02. The van der Waals surface area contributed by atoms with Crippen molar-refractivity contribution in [3.63, 3.8) is 0 Å². The van der Waals surface area contributed by atoms with Crippen LogP contribution in [0, 0.1) is 5.92 Å². The number of hydrogen-bond donors (Lipinski definition) is 2. The van der Waals surface area contributed by atoms with Gasteiger partial charge in [-0.1, -0.05) is 6.08 Å². The maximum absolute atomic E-state index is 12.9. The third-order valence-electron chi connectivity index (χ3n) is 6.04. The SMILES string of the molecule is CNC(=O)C1CCN(C(=O)c2ccc(Nc3ncc(C4=CCN=C4)n4ncnc34)cc2)CC1. The minimum Gasteiger partial charge on any atom is -0.359 e. The monoisotopic (exact) mass is 444 g/mol. The van der Waals surface area contributed by atoms with E-state index in [1.165, 1.54) is 6.33 Å². The molecule has 1 aromatic carbocycles. The lowest BCUT2D eigenvalue weighted by molar-refractivity contribution is -0.125. The predicted octanol–water partition coefficient (Wildman–Crippen LogP) is 1.93. The van der Waals surface area contributed by atoms with Crippen molar-refractivity contribution in [1.29, 1.82) is 0 Å². The number of anilines is 2. The summed E-state index contributed by atoms with van der Waals surface area (Å²) in [6.07, 6.45) is 8.43. The van der Waals surface area contributed by atoms with E-state index in [2.05, 4.69) is 30.7 Å². The minimum atomic E-state index is -0.0225. The zero-order valence-electron chi connectivity index (χ0n) is 18.2. The van der Waals surface area contributed by atoms with Gasteiger partial charge in [-0.15, -0.1) is 0 Å². The van der Waals surface area contributed by atoms with Crippen molar-refractivity contribution in [3.05, 3.63) is 54.1 Å². The highest BCUT2D eigenvalue weighted by Crippen LogP contribution is 2.24. The smallest absolute Gasteiger partial charge is 0.253 e. The van der Waals surface area contributed by atoms with Crippen molar-refractivity contribution in [2.45, 2.75) is 12.8 Å². The number of piperidine rings is 1. The molecule has 0 aliphatic carbocycles. The Labute approximate surface area is 190 Å². The summed E-state index contributed by atoms with van der Waals surface area (Å²) in [5.41, 5.74) is 3.80. The van der Waals surface area contributed by atoms with Crippen LogP contribution in [0.5, 0.6) is 0 Å². The largest absolute Gasteiger partial charge is 0.359 e. The molecule has 2 N–H and O–H groups in total. The lowest BCUT2D eigenvalue weighted by Gasteiger charge is -2.31. The van der Waals surface area contributed by atoms with E-state index in [1.54, 1.807) is 29.9 Å². The molecule has 0 radical (unpaired) electrons. The topological polar surface area (TPSA) is 117 Å². The normalized spacial score (nSPS) is 16.2. The first-order valence-electron chi connectivity index (χ1n) is 10.9. The van der Waals surface area contributed by atoms with Gasteiger partial charge in [0.15, 0.2) is 11.5 Å². The number of likely N-dealkylation sites (tertiary alicyclic amines) is 1. The fourth-order valence-corrected chi connectivity index (χ4v) is 4.19. The van der Waals surface area contributed by atoms with Gasteiger partial charge in [0.2, 0.25) is 5.91 Å². The molecule has 0 bridgehead atoms. The number of carbonyl (C=O) groups is 2. The number of carbonyl (C=O) groups excluding carboxylic acids is 2. The van der Waals surface area contributed by atoms with Gasteiger partial charge in [-0.2, -0.15) is 5.10 Å². The molecule has 2 aliphatic heterocycles. The number of benzene rings is 1. The van der Waals surface area contributed by atoms with Gasteiger partial charge < -0.3 is 15.5 Å². The summed E-state index contributed by atoms with van der Waals surface area (Å²) in [4.78, 5) is 39.6. The van der Waals surface area contributed by atoms with Crippen molar-refractivity contribution >= 4 is 40.8 Å². The Hall–Kier alpha value is -4.08. The Bertz CT molecular complexity index is 1250. The summed E-state index contributed by atoms with van der Waals surface area (Å²) >= 11 is 0. The maximum Gasteiger partial charge on any atom is 0.253 e. The van der Waals surface area contributed by atoms with Crippen LogP contribution in [0.1, 0.15) is 28.9 Å². The van der Waals surface area contributed by atoms with Gasteiger partial charge in [0.05, 0.1) is 18.4 Å². The van der Waals surface area contributed by atoms with Gasteiger partial charge in [-0.05, 0) is 37.1 Å². The lowest BCUT2D eigenvalue weighted by Crippen LogP contribution is -2.42. The summed E-state index contributed by atoms with van der Waals surface area (Å²) in [7, 11) is 1.65. The molecule has 0 atom stereocenters. The van der Waals surface area contributed by atoms with Gasteiger partial charge in [0, 0.05) is 49.1 Å². The van der Waals surface area contributed by atoms with Gasteiger partial charge in [-0.3, -0.25) is 14.6 Å². The van der Waals surface area contributed by atoms with Crippen LogP contribution in [0.25, 0.3) is 11.2 Å². The minimum absolute atomic E-state index is 0.0178. The molecule has 1 fully saturated rings. The van der Waals surface area contributed by atoms with E-state index in [9.17, 15) is 9.59 Å². The number of hydrogen-bond acceptors (Lipinski definition) is 7. The number of fused-ring (bicyclic) bond motifs is 1. The Balaban J connectivity index is 1.28. The van der Waals surface area contributed by atoms with Crippen LogP contribution in [-0.2, 0) is 4.79 Å². The number of rotatable bonds is 5. The van der Waals surface area contributed by atoms with Crippen LogP contribution in [0.3, 0.4) is 0 Å². The van der Waals surface area contributed by atoms with Crippen LogP contribution in [0.15, 0.2) is 47.9 Å². The van der Waals surface area contributed by atoms with Gasteiger partial charge >= 0.3 is 0 Å². The number of aromatic nitrogens is 4. The summed E-state index contributed by atoms with van der Waals surface area (Å²) < 4.78 is 1.73. The van der Waals surface area contributed by atoms with Crippen LogP contribution in [0.2, 0.25) is 0 Å². The quantitative estimate of drug-likeness (QED) is 0.621. The second kappa shape index (κ2) is 8.81. The summed E-state index contributed by atoms with van der Waals surface area (Å²) in [5.74, 6) is 0.581. The first-order chi connectivity index (χ1) is 16.1. The Morgan fingerprint density at radius 1 is 1.09 bits per heavy atom. The molecule has 0 saturated carbocycles. The molecule has 1 saturated heterocycles. The van der Waals surface area contributed by atoms with E-state index in [4.69, 9.17) is 0 Å². The van der Waals surface area contributed by atoms with Crippen LogP contribution >= 0.6 is 0 Å². The molecule has 10 heteroatoms. The Kier molecular flexibility index (Phi) is 5.55. The van der Waals surface area contributed by atoms with Crippen molar-refractivity contribution in [2.24, 2.45) is 10.9 Å².